The zero-order chi connectivity index (χ0) is 20.3. The molecule has 10 heteroatoms. The highest BCUT2D eigenvalue weighted by molar-refractivity contribution is 7.85. The third kappa shape index (κ3) is 5.61. The fourth-order valence-corrected chi connectivity index (χ4v) is 3.01. The monoisotopic (exact) mass is 405 g/mol. The molecule has 0 amide bonds. The van der Waals surface area contributed by atoms with E-state index < -0.39 is 51.5 Å². The first-order valence-electron chi connectivity index (χ1n) is 7.94. The predicted molar refractivity (Wildman–Crippen MR) is 87.0 cm³/mol. The number of rotatable bonds is 6. The molecule has 0 spiro atoms. The van der Waals surface area contributed by atoms with Crippen molar-refractivity contribution in [3.05, 3.63) is 29.3 Å². The molecule has 1 saturated carbocycles. The summed E-state index contributed by atoms with van der Waals surface area (Å²) in [6, 6.07) is 2.39. The molecule has 0 radical (unpaired) electrons. The molecule has 0 atom stereocenters. The first-order chi connectivity index (χ1) is 12.5. The Hall–Kier alpha value is -2.25. The molecule has 1 aliphatic carbocycles. The zero-order valence-corrected chi connectivity index (χ0v) is 14.9. The highest BCUT2D eigenvalue weighted by Gasteiger charge is 2.39. The number of carbonyl (C=O) groups is 1. The summed E-state index contributed by atoms with van der Waals surface area (Å²) in [5.74, 6) is -0.233. The third-order valence-corrected chi connectivity index (χ3v) is 4.74. The van der Waals surface area contributed by atoms with Gasteiger partial charge < -0.3 is 14.0 Å². The maximum absolute atomic E-state index is 13.3. The standard InChI is InChI=1S/C17H17F3O6S/c1-2-16(7-3-4-8-16)26-14-11-12(5-6-13(14)17(18,19)20)15(21)25-9-10-27(22,23)24/h1,5-6,11H,3-4,7-10H2,(H,22,23,24)/p-1. The Morgan fingerprint density at radius 1 is 1.30 bits per heavy atom. The van der Waals surface area contributed by atoms with Gasteiger partial charge in [0.05, 0.1) is 27.0 Å². The van der Waals surface area contributed by atoms with Gasteiger partial charge in [-0.2, -0.15) is 13.2 Å². The van der Waals surface area contributed by atoms with Crippen LogP contribution in [0.25, 0.3) is 0 Å². The molecule has 0 heterocycles. The van der Waals surface area contributed by atoms with Gasteiger partial charge in [-0.05, 0) is 43.9 Å². The first kappa shape index (κ1) is 21.1. The molecular formula is C17H16F3O6S-. The molecule has 0 aliphatic heterocycles. The van der Waals surface area contributed by atoms with E-state index in [4.69, 9.17) is 11.2 Å². The van der Waals surface area contributed by atoms with Crippen LogP contribution < -0.4 is 4.74 Å². The molecular weight excluding hydrogens is 389 g/mol. The average molecular weight is 405 g/mol. The van der Waals surface area contributed by atoms with Gasteiger partial charge in [-0.3, -0.25) is 0 Å². The SMILES string of the molecule is C#CC1(Oc2cc(C(=O)OCCS(=O)(=O)[O-])ccc2C(F)(F)F)CCCC1. The van der Waals surface area contributed by atoms with Gasteiger partial charge >= 0.3 is 12.1 Å². The van der Waals surface area contributed by atoms with Gasteiger partial charge in [0.1, 0.15) is 12.4 Å². The van der Waals surface area contributed by atoms with Gasteiger partial charge in [0.25, 0.3) is 0 Å². The van der Waals surface area contributed by atoms with E-state index in [1.54, 1.807) is 0 Å². The van der Waals surface area contributed by atoms with Crippen LogP contribution in [0.15, 0.2) is 18.2 Å². The summed E-state index contributed by atoms with van der Waals surface area (Å²) in [6.07, 6.45) is 2.89. The Labute approximate surface area is 154 Å². The molecule has 0 aromatic heterocycles. The molecule has 0 bridgehead atoms. The lowest BCUT2D eigenvalue weighted by Crippen LogP contribution is -2.31. The van der Waals surface area contributed by atoms with Crippen LogP contribution in [0, 0.1) is 12.3 Å². The first-order valence-corrected chi connectivity index (χ1v) is 9.52. The van der Waals surface area contributed by atoms with Crippen LogP contribution in [0.4, 0.5) is 13.2 Å². The van der Waals surface area contributed by atoms with E-state index in [-0.39, 0.29) is 5.56 Å². The minimum Gasteiger partial charge on any atom is -0.748 e. The van der Waals surface area contributed by atoms with Crippen LogP contribution >= 0.6 is 0 Å². The second kappa shape index (κ2) is 7.78. The summed E-state index contributed by atoms with van der Waals surface area (Å²) in [6.45, 7) is -0.712. The van der Waals surface area contributed by atoms with Crippen molar-refractivity contribution in [1.82, 2.24) is 0 Å². The van der Waals surface area contributed by atoms with Crippen LogP contribution in [-0.4, -0.2) is 36.9 Å². The lowest BCUT2D eigenvalue weighted by Gasteiger charge is -2.26. The zero-order valence-electron chi connectivity index (χ0n) is 14.0. The van der Waals surface area contributed by atoms with E-state index in [2.05, 4.69) is 10.7 Å². The molecule has 1 aromatic rings. The molecule has 148 valence electrons. The number of hydrogen-bond donors (Lipinski definition) is 0. The van der Waals surface area contributed by atoms with E-state index in [1.807, 2.05) is 0 Å². The number of benzene rings is 1. The van der Waals surface area contributed by atoms with Crippen molar-refractivity contribution in [2.75, 3.05) is 12.4 Å². The minimum absolute atomic E-state index is 0.286. The fraction of sp³-hybridized carbons (Fsp3) is 0.471. The summed E-state index contributed by atoms with van der Waals surface area (Å²) in [7, 11) is -4.59. The van der Waals surface area contributed by atoms with Crippen molar-refractivity contribution >= 4 is 16.1 Å². The smallest absolute Gasteiger partial charge is 0.419 e. The number of terminal acetylenes is 1. The van der Waals surface area contributed by atoms with Crippen LogP contribution in [0.1, 0.15) is 41.6 Å². The van der Waals surface area contributed by atoms with Crippen LogP contribution in [0.5, 0.6) is 5.75 Å². The van der Waals surface area contributed by atoms with Crippen molar-refractivity contribution in [3.63, 3.8) is 0 Å². The normalized spacial score (nSPS) is 16.6. The number of halogens is 3. The highest BCUT2D eigenvalue weighted by atomic mass is 32.2. The summed E-state index contributed by atoms with van der Waals surface area (Å²) in [4.78, 5) is 11.9. The van der Waals surface area contributed by atoms with Gasteiger partial charge in [0.15, 0.2) is 5.60 Å². The van der Waals surface area contributed by atoms with Crippen LogP contribution in [0.3, 0.4) is 0 Å². The molecule has 1 fully saturated rings. The molecule has 6 nitrogen and oxygen atoms in total. The number of ether oxygens (including phenoxy) is 2. The van der Waals surface area contributed by atoms with Gasteiger partial charge in [-0.15, -0.1) is 6.42 Å². The Bertz CT molecular complexity index is 848. The number of alkyl halides is 3. The van der Waals surface area contributed by atoms with Crippen molar-refractivity contribution in [2.45, 2.75) is 37.5 Å². The number of hydrogen-bond acceptors (Lipinski definition) is 6. The summed E-state index contributed by atoms with van der Waals surface area (Å²) in [5.41, 5.74) is -2.56. The number of esters is 1. The van der Waals surface area contributed by atoms with Crippen LogP contribution in [-0.2, 0) is 21.0 Å². The fourth-order valence-electron chi connectivity index (χ4n) is 2.72. The van der Waals surface area contributed by atoms with E-state index in [0.717, 1.165) is 12.1 Å². The molecule has 1 aromatic carbocycles. The van der Waals surface area contributed by atoms with E-state index in [9.17, 15) is 30.9 Å². The molecule has 0 N–H and O–H groups in total. The summed E-state index contributed by atoms with van der Waals surface area (Å²) >= 11 is 0. The third-order valence-electron chi connectivity index (χ3n) is 4.07. The Kier molecular flexibility index (Phi) is 6.07. The maximum atomic E-state index is 13.3. The molecule has 1 aliphatic rings. The van der Waals surface area contributed by atoms with Crippen molar-refractivity contribution < 1.29 is 40.4 Å². The summed E-state index contributed by atoms with van der Waals surface area (Å²) < 4.78 is 81.5. The van der Waals surface area contributed by atoms with E-state index in [0.29, 0.717) is 31.7 Å². The van der Waals surface area contributed by atoms with Gasteiger partial charge in [-0.25, -0.2) is 13.2 Å². The summed E-state index contributed by atoms with van der Waals surface area (Å²) in [5, 5.41) is 0. The van der Waals surface area contributed by atoms with Crippen molar-refractivity contribution in [1.29, 1.82) is 0 Å². The molecule has 2 rings (SSSR count). The highest BCUT2D eigenvalue weighted by Crippen LogP contribution is 2.41. The molecule has 27 heavy (non-hydrogen) atoms. The Morgan fingerprint density at radius 2 is 1.93 bits per heavy atom. The largest absolute Gasteiger partial charge is 0.748 e. The quantitative estimate of drug-likeness (QED) is 0.411. The lowest BCUT2D eigenvalue weighted by atomic mass is 10.0. The Balaban J connectivity index is 2.28. The molecule has 0 saturated heterocycles. The molecule has 0 unspecified atom stereocenters. The lowest BCUT2D eigenvalue weighted by molar-refractivity contribution is -0.139. The number of carbonyl (C=O) groups excluding carboxylic acids is 1. The van der Waals surface area contributed by atoms with Gasteiger partial charge in [-0.1, -0.05) is 5.92 Å². The topological polar surface area (TPSA) is 92.7 Å². The maximum Gasteiger partial charge on any atom is 0.419 e. The van der Waals surface area contributed by atoms with Gasteiger partial charge in [0, 0.05) is 0 Å². The van der Waals surface area contributed by atoms with Gasteiger partial charge in [0.2, 0.25) is 0 Å². The second-order valence-electron chi connectivity index (χ2n) is 6.05. The van der Waals surface area contributed by atoms with Crippen LogP contribution in [0.2, 0.25) is 0 Å². The minimum atomic E-state index is -4.73. The van der Waals surface area contributed by atoms with E-state index in [1.165, 1.54) is 0 Å². The predicted octanol–water partition coefficient (Wildman–Crippen LogP) is 2.73. The van der Waals surface area contributed by atoms with Crippen molar-refractivity contribution in [3.8, 4) is 18.1 Å². The van der Waals surface area contributed by atoms with E-state index >= 15 is 0 Å². The Morgan fingerprint density at radius 3 is 2.44 bits per heavy atom. The van der Waals surface area contributed by atoms with Crippen molar-refractivity contribution in [2.24, 2.45) is 0 Å². The second-order valence-corrected chi connectivity index (χ2v) is 7.58. The average Bonchev–Trinajstić information content (AvgIpc) is 3.01.